The van der Waals surface area contributed by atoms with Crippen molar-refractivity contribution in [3.63, 3.8) is 0 Å². The Labute approximate surface area is 193 Å². The van der Waals surface area contributed by atoms with Gasteiger partial charge >= 0.3 is 0 Å². The Hall–Kier alpha value is -3.96. The summed E-state index contributed by atoms with van der Waals surface area (Å²) in [4.78, 5) is 24.9. The lowest BCUT2D eigenvalue weighted by atomic mass is 9.85. The third-order valence-electron chi connectivity index (χ3n) is 6.06. The summed E-state index contributed by atoms with van der Waals surface area (Å²) in [6.07, 6.45) is 0. The summed E-state index contributed by atoms with van der Waals surface area (Å²) in [7, 11) is 1.76. The van der Waals surface area contributed by atoms with Crippen molar-refractivity contribution < 1.29 is 4.79 Å². The molecule has 0 unspecified atom stereocenters. The second kappa shape index (κ2) is 9.67. The highest BCUT2D eigenvalue weighted by Gasteiger charge is 2.27. The molecule has 0 bridgehead atoms. The van der Waals surface area contributed by atoms with Crippen LogP contribution in [0.15, 0.2) is 102 Å². The molecule has 4 rings (SSSR count). The second-order valence-corrected chi connectivity index (χ2v) is 8.12. The minimum Gasteiger partial charge on any atom is -0.325 e. The molecule has 0 aliphatic rings. The fraction of sp³-hybridized carbons (Fsp3) is 0.143. The summed E-state index contributed by atoms with van der Waals surface area (Å²) in [5.41, 5.74) is 11.9. The van der Waals surface area contributed by atoms with Crippen LogP contribution in [0.1, 0.15) is 22.7 Å². The first-order chi connectivity index (χ1) is 16.0. The molecule has 0 fully saturated rings. The third-order valence-corrected chi connectivity index (χ3v) is 6.06. The molecule has 0 aliphatic carbocycles. The number of anilines is 1. The van der Waals surface area contributed by atoms with Crippen molar-refractivity contribution in [2.75, 3.05) is 5.32 Å². The van der Waals surface area contributed by atoms with E-state index in [1.807, 2.05) is 97.9 Å². The predicted molar refractivity (Wildman–Crippen MR) is 133 cm³/mol. The molecule has 33 heavy (non-hydrogen) atoms. The van der Waals surface area contributed by atoms with Crippen LogP contribution in [0.4, 0.5) is 5.69 Å². The summed E-state index contributed by atoms with van der Waals surface area (Å²) in [6, 6.07) is 29.9. The summed E-state index contributed by atoms with van der Waals surface area (Å²) in [5, 5.41) is 2.96. The van der Waals surface area contributed by atoms with Crippen LogP contribution in [0.3, 0.4) is 0 Å². The molecule has 0 radical (unpaired) electrons. The highest BCUT2D eigenvalue weighted by molar-refractivity contribution is 5.96. The number of benzene rings is 3. The molecule has 0 saturated carbocycles. The number of amides is 1. The summed E-state index contributed by atoms with van der Waals surface area (Å²) >= 11 is 0. The number of hydrogen-bond donors (Lipinski definition) is 2. The van der Waals surface area contributed by atoms with Crippen LogP contribution < -0.4 is 16.6 Å². The van der Waals surface area contributed by atoms with Crippen LogP contribution in [0, 0.1) is 6.92 Å². The largest absolute Gasteiger partial charge is 0.325 e. The van der Waals surface area contributed by atoms with Crippen LogP contribution >= 0.6 is 0 Å². The van der Waals surface area contributed by atoms with E-state index >= 15 is 0 Å². The lowest BCUT2D eigenvalue weighted by Gasteiger charge is -2.24. The van der Waals surface area contributed by atoms with E-state index < -0.39 is 6.04 Å². The Morgan fingerprint density at radius 2 is 1.36 bits per heavy atom. The number of rotatable bonds is 6. The zero-order chi connectivity index (χ0) is 23.4. The average molecular weight is 438 g/mol. The van der Waals surface area contributed by atoms with Gasteiger partial charge in [-0.15, -0.1) is 0 Å². The Morgan fingerprint density at radius 3 is 1.91 bits per heavy atom. The van der Waals surface area contributed by atoms with Crippen molar-refractivity contribution in [2.45, 2.75) is 18.9 Å². The van der Waals surface area contributed by atoms with Gasteiger partial charge in [-0.05, 0) is 41.8 Å². The first-order valence-electron chi connectivity index (χ1n) is 10.9. The number of hydrogen-bond acceptors (Lipinski definition) is 3. The maximum Gasteiger partial charge on any atom is 0.250 e. The first-order valence-corrected chi connectivity index (χ1v) is 10.9. The minimum absolute atomic E-state index is 0.0412. The molecule has 1 heterocycles. The highest BCUT2D eigenvalue weighted by Crippen LogP contribution is 2.28. The molecule has 3 aromatic carbocycles. The van der Waals surface area contributed by atoms with Crippen LogP contribution in [-0.2, 0) is 11.8 Å². The number of nitrogens with zero attached hydrogens (tertiary/aromatic N) is 1. The van der Waals surface area contributed by atoms with Crippen LogP contribution in [0.5, 0.6) is 0 Å². The normalized spacial score (nSPS) is 11.9. The van der Waals surface area contributed by atoms with Gasteiger partial charge in [0.1, 0.15) is 0 Å². The molecule has 1 atom stereocenters. The summed E-state index contributed by atoms with van der Waals surface area (Å²) in [6.45, 7) is 1.92. The number of carbonyl (C=O) groups excluding carboxylic acids is 1. The van der Waals surface area contributed by atoms with E-state index in [1.54, 1.807) is 17.7 Å². The third kappa shape index (κ3) is 4.78. The number of aromatic nitrogens is 1. The maximum absolute atomic E-state index is 13.1. The predicted octanol–water partition coefficient (Wildman–Crippen LogP) is 4.46. The fourth-order valence-electron chi connectivity index (χ4n) is 4.08. The van der Waals surface area contributed by atoms with E-state index in [0.717, 1.165) is 27.9 Å². The van der Waals surface area contributed by atoms with Gasteiger partial charge in [0, 0.05) is 36.0 Å². The van der Waals surface area contributed by atoms with E-state index in [0.29, 0.717) is 5.69 Å². The van der Waals surface area contributed by atoms with Crippen molar-refractivity contribution in [2.24, 2.45) is 12.8 Å². The van der Waals surface area contributed by atoms with Gasteiger partial charge in [-0.1, -0.05) is 72.8 Å². The zero-order valence-corrected chi connectivity index (χ0v) is 18.7. The molecular weight excluding hydrogens is 410 g/mol. The van der Waals surface area contributed by atoms with E-state index in [9.17, 15) is 9.59 Å². The fourth-order valence-corrected chi connectivity index (χ4v) is 4.08. The maximum atomic E-state index is 13.1. The average Bonchev–Trinajstić information content (AvgIpc) is 2.85. The molecule has 0 aliphatic heterocycles. The molecule has 5 nitrogen and oxygen atoms in total. The van der Waals surface area contributed by atoms with Gasteiger partial charge in [0.15, 0.2) is 0 Å². The monoisotopic (exact) mass is 437 g/mol. The van der Waals surface area contributed by atoms with Crippen molar-refractivity contribution in [3.05, 3.63) is 124 Å². The van der Waals surface area contributed by atoms with E-state index in [-0.39, 0.29) is 17.4 Å². The summed E-state index contributed by atoms with van der Waals surface area (Å²) < 4.78 is 1.62. The molecule has 4 aromatic rings. The Bertz CT molecular complexity index is 1260. The van der Waals surface area contributed by atoms with E-state index in [2.05, 4.69) is 5.32 Å². The van der Waals surface area contributed by atoms with E-state index in [4.69, 9.17) is 5.73 Å². The second-order valence-electron chi connectivity index (χ2n) is 8.12. The molecule has 1 amide bonds. The summed E-state index contributed by atoms with van der Waals surface area (Å²) in [5.74, 6) is -0.515. The zero-order valence-electron chi connectivity index (χ0n) is 18.7. The van der Waals surface area contributed by atoms with Gasteiger partial charge in [-0.3, -0.25) is 9.59 Å². The van der Waals surface area contributed by atoms with Crippen molar-refractivity contribution in [1.29, 1.82) is 0 Å². The topological polar surface area (TPSA) is 77.1 Å². The lowest BCUT2D eigenvalue weighted by molar-refractivity contribution is -0.117. The Kier molecular flexibility index (Phi) is 6.52. The van der Waals surface area contributed by atoms with Gasteiger partial charge < -0.3 is 15.6 Å². The van der Waals surface area contributed by atoms with Crippen molar-refractivity contribution >= 4 is 11.6 Å². The van der Waals surface area contributed by atoms with Gasteiger partial charge in [-0.2, -0.15) is 0 Å². The Morgan fingerprint density at radius 1 is 0.818 bits per heavy atom. The molecule has 1 aromatic heterocycles. The molecular formula is C28H27N3O2. The lowest BCUT2D eigenvalue weighted by Crippen LogP contribution is -2.41. The standard InChI is InChI=1S/C28H27N3O2/c1-19-24(17-18-25(32)31(19)2)20-13-15-23(16-14-20)30-28(33)27(29)26(21-9-5-3-6-10-21)22-11-7-4-8-12-22/h3-18,26-27H,29H2,1-2H3,(H,30,33)/t27-/m0/s1. The molecule has 166 valence electrons. The SMILES string of the molecule is Cc1c(-c2ccc(NC(=O)[C@@H](N)C(c3ccccc3)c3ccccc3)cc2)ccc(=O)n1C. The van der Waals surface area contributed by atoms with Gasteiger partial charge in [0.05, 0.1) is 6.04 Å². The molecule has 0 saturated heterocycles. The van der Waals surface area contributed by atoms with Gasteiger partial charge in [0.25, 0.3) is 0 Å². The number of nitrogens with one attached hydrogen (secondary N) is 1. The number of carbonyl (C=O) groups is 1. The number of nitrogens with two attached hydrogens (primary N) is 1. The van der Waals surface area contributed by atoms with Crippen molar-refractivity contribution in [3.8, 4) is 11.1 Å². The Balaban J connectivity index is 1.56. The molecule has 3 N–H and O–H groups in total. The van der Waals surface area contributed by atoms with E-state index in [1.165, 1.54) is 0 Å². The quantitative estimate of drug-likeness (QED) is 0.468. The first kappa shape index (κ1) is 22.2. The molecule has 0 spiro atoms. The minimum atomic E-state index is -0.764. The van der Waals surface area contributed by atoms with Gasteiger partial charge in [0.2, 0.25) is 11.5 Å². The van der Waals surface area contributed by atoms with Crippen LogP contribution in [0.2, 0.25) is 0 Å². The number of pyridine rings is 1. The van der Waals surface area contributed by atoms with Crippen molar-refractivity contribution in [1.82, 2.24) is 4.57 Å². The van der Waals surface area contributed by atoms with Crippen LogP contribution in [0.25, 0.3) is 11.1 Å². The van der Waals surface area contributed by atoms with Gasteiger partial charge in [-0.25, -0.2) is 0 Å². The van der Waals surface area contributed by atoms with Crippen LogP contribution in [-0.4, -0.2) is 16.5 Å². The highest BCUT2D eigenvalue weighted by atomic mass is 16.2. The smallest absolute Gasteiger partial charge is 0.250 e. The molecule has 5 heteroatoms.